The number of allylic oxidation sites excluding steroid dienone is 3. The predicted octanol–water partition coefficient (Wildman–Crippen LogP) is 4.84. The van der Waals surface area contributed by atoms with E-state index in [2.05, 4.69) is 37.8 Å². The van der Waals surface area contributed by atoms with Crippen LogP contribution >= 0.6 is 11.6 Å². The van der Waals surface area contributed by atoms with Crippen LogP contribution in [0.2, 0.25) is 0 Å². The fraction of sp³-hybridized carbons (Fsp3) is 0.500. The van der Waals surface area contributed by atoms with Gasteiger partial charge in [-0.05, 0) is 42.6 Å². The van der Waals surface area contributed by atoms with Crippen molar-refractivity contribution in [2.75, 3.05) is 5.88 Å². The third-order valence-electron chi connectivity index (χ3n) is 4.98. The first-order valence-electron chi connectivity index (χ1n) is 7.52. The maximum absolute atomic E-state index is 6.04. The average Bonchev–Trinajstić information content (AvgIpc) is 2.99. The molecule has 1 heterocycles. The second-order valence-electron chi connectivity index (χ2n) is 6.39. The third-order valence-corrected chi connectivity index (χ3v) is 5.32. The van der Waals surface area contributed by atoms with Crippen molar-refractivity contribution in [3.05, 3.63) is 55.4 Å². The molecular formula is C18H25ClN2. The van der Waals surface area contributed by atoms with Crippen molar-refractivity contribution in [3.63, 3.8) is 0 Å². The maximum Gasteiger partial charge on any atom is 0.0619 e. The van der Waals surface area contributed by atoms with Crippen LogP contribution in [0.3, 0.4) is 0 Å². The molecule has 0 N–H and O–H groups in total. The van der Waals surface area contributed by atoms with E-state index >= 15 is 0 Å². The highest BCUT2D eigenvalue weighted by Gasteiger charge is 2.39. The Morgan fingerprint density at radius 3 is 2.81 bits per heavy atom. The minimum atomic E-state index is 0.106. The first-order chi connectivity index (χ1) is 10.00. The number of hydrogen-bond donors (Lipinski definition) is 0. The van der Waals surface area contributed by atoms with E-state index in [0.717, 1.165) is 31.4 Å². The van der Waals surface area contributed by atoms with E-state index in [-0.39, 0.29) is 5.41 Å². The summed E-state index contributed by atoms with van der Waals surface area (Å²) in [6.07, 6.45) is 9.20. The number of alkyl halides is 1. The van der Waals surface area contributed by atoms with Crippen molar-refractivity contribution < 1.29 is 0 Å². The molecule has 21 heavy (non-hydrogen) atoms. The van der Waals surface area contributed by atoms with Gasteiger partial charge in [-0.1, -0.05) is 37.3 Å². The molecule has 0 aliphatic heterocycles. The molecule has 2 rings (SSSR count). The van der Waals surface area contributed by atoms with Gasteiger partial charge >= 0.3 is 0 Å². The van der Waals surface area contributed by atoms with Gasteiger partial charge in [-0.15, -0.1) is 18.2 Å². The summed E-state index contributed by atoms with van der Waals surface area (Å²) in [7, 11) is 0. The number of halogens is 1. The molecule has 1 aliphatic rings. The molecular weight excluding hydrogens is 280 g/mol. The fourth-order valence-electron chi connectivity index (χ4n) is 3.40. The lowest BCUT2D eigenvalue weighted by Crippen LogP contribution is -2.35. The van der Waals surface area contributed by atoms with E-state index in [9.17, 15) is 0 Å². The van der Waals surface area contributed by atoms with Crippen molar-refractivity contribution in [2.24, 2.45) is 17.3 Å². The topological polar surface area (TPSA) is 17.8 Å². The summed E-state index contributed by atoms with van der Waals surface area (Å²) in [5.74, 6) is 1.42. The molecule has 114 valence electrons. The average molecular weight is 305 g/mol. The van der Waals surface area contributed by atoms with Gasteiger partial charge in [0, 0.05) is 18.3 Å². The van der Waals surface area contributed by atoms with Crippen molar-refractivity contribution in [2.45, 2.75) is 32.7 Å². The quantitative estimate of drug-likeness (QED) is 0.543. The summed E-state index contributed by atoms with van der Waals surface area (Å²) in [6, 6.07) is 1.95. The van der Waals surface area contributed by atoms with Gasteiger partial charge in [0.05, 0.1) is 6.54 Å². The number of rotatable bonds is 6. The Kier molecular flexibility index (Phi) is 5.10. The maximum atomic E-state index is 6.04. The van der Waals surface area contributed by atoms with Gasteiger partial charge in [-0.2, -0.15) is 5.10 Å². The molecule has 0 bridgehead atoms. The lowest BCUT2D eigenvalue weighted by Gasteiger charge is -2.44. The van der Waals surface area contributed by atoms with Gasteiger partial charge in [0.2, 0.25) is 0 Å². The number of aromatic nitrogens is 2. The Morgan fingerprint density at radius 1 is 1.48 bits per heavy atom. The van der Waals surface area contributed by atoms with Crippen LogP contribution in [0.15, 0.2) is 55.4 Å². The van der Waals surface area contributed by atoms with Crippen molar-refractivity contribution in [1.29, 1.82) is 0 Å². The van der Waals surface area contributed by atoms with E-state index in [0.29, 0.717) is 17.7 Å². The SMILES string of the molecule is C=C[C@]1(C)CC[C@@H](C(=C)Cn2cccn2)C[C@H]1C(=C)CCl. The van der Waals surface area contributed by atoms with Crippen molar-refractivity contribution >= 4 is 11.6 Å². The van der Waals surface area contributed by atoms with E-state index in [1.54, 1.807) is 6.20 Å². The standard InChI is InChI=1S/C18H25ClN2/c1-5-18(4)8-7-16(11-17(18)14(2)12-19)15(3)13-21-10-6-9-20-21/h5-6,9-10,16-17H,1-3,7-8,11-13H2,4H3/t16-,17+,18-/m1/s1. The minimum Gasteiger partial charge on any atom is -0.269 e. The molecule has 0 aromatic carbocycles. The Morgan fingerprint density at radius 2 is 2.24 bits per heavy atom. The summed E-state index contributed by atoms with van der Waals surface area (Å²) < 4.78 is 1.94. The van der Waals surface area contributed by atoms with Crippen LogP contribution in [0.4, 0.5) is 0 Å². The summed E-state index contributed by atoms with van der Waals surface area (Å²) >= 11 is 6.04. The first kappa shape index (κ1) is 16.1. The number of hydrogen-bond acceptors (Lipinski definition) is 1. The minimum absolute atomic E-state index is 0.106. The third kappa shape index (κ3) is 3.49. The van der Waals surface area contributed by atoms with E-state index < -0.39 is 0 Å². The molecule has 3 atom stereocenters. The molecule has 1 aromatic rings. The number of nitrogens with zero attached hydrogens (tertiary/aromatic N) is 2. The van der Waals surface area contributed by atoms with Crippen LogP contribution in [0.5, 0.6) is 0 Å². The zero-order valence-corrected chi connectivity index (χ0v) is 13.6. The highest BCUT2D eigenvalue weighted by Crippen LogP contribution is 2.49. The molecule has 0 saturated heterocycles. The summed E-state index contributed by atoms with van der Waals surface area (Å²) in [5.41, 5.74) is 2.47. The van der Waals surface area contributed by atoms with Gasteiger partial charge in [-0.3, -0.25) is 4.68 Å². The zero-order chi connectivity index (χ0) is 15.5. The van der Waals surface area contributed by atoms with Crippen LogP contribution in [0.25, 0.3) is 0 Å². The second-order valence-corrected chi connectivity index (χ2v) is 6.65. The van der Waals surface area contributed by atoms with E-state index in [1.165, 1.54) is 5.57 Å². The Balaban J connectivity index is 2.08. The summed E-state index contributed by atoms with van der Waals surface area (Å²) in [6.45, 7) is 15.6. The molecule has 1 aromatic heterocycles. The normalized spacial score (nSPS) is 29.0. The first-order valence-corrected chi connectivity index (χ1v) is 8.06. The van der Waals surface area contributed by atoms with Gasteiger partial charge in [0.15, 0.2) is 0 Å². The Labute approximate surface area is 133 Å². The Bertz CT molecular complexity index is 517. The molecule has 0 radical (unpaired) electrons. The van der Waals surface area contributed by atoms with Crippen molar-refractivity contribution in [1.82, 2.24) is 9.78 Å². The second kappa shape index (κ2) is 6.65. The Hall–Kier alpha value is -1.28. The largest absolute Gasteiger partial charge is 0.269 e. The summed E-state index contributed by atoms with van der Waals surface area (Å²) in [5, 5.41) is 4.27. The molecule has 1 saturated carbocycles. The highest BCUT2D eigenvalue weighted by molar-refractivity contribution is 6.19. The molecule has 1 fully saturated rings. The van der Waals surface area contributed by atoms with Crippen LogP contribution in [0.1, 0.15) is 26.2 Å². The predicted molar refractivity (Wildman–Crippen MR) is 90.4 cm³/mol. The van der Waals surface area contributed by atoms with Crippen LogP contribution < -0.4 is 0 Å². The molecule has 3 heteroatoms. The molecule has 0 amide bonds. The molecule has 0 unspecified atom stereocenters. The molecule has 0 spiro atoms. The van der Waals surface area contributed by atoms with Gasteiger partial charge in [0.1, 0.15) is 0 Å². The van der Waals surface area contributed by atoms with E-state index in [1.807, 2.05) is 16.9 Å². The lowest BCUT2D eigenvalue weighted by atomic mass is 9.61. The van der Waals surface area contributed by atoms with Crippen LogP contribution in [0, 0.1) is 17.3 Å². The van der Waals surface area contributed by atoms with Crippen LogP contribution in [-0.2, 0) is 6.54 Å². The smallest absolute Gasteiger partial charge is 0.0619 e. The lowest BCUT2D eigenvalue weighted by molar-refractivity contribution is 0.167. The van der Waals surface area contributed by atoms with Gasteiger partial charge < -0.3 is 0 Å². The summed E-state index contributed by atoms with van der Waals surface area (Å²) in [4.78, 5) is 0. The highest BCUT2D eigenvalue weighted by atomic mass is 35.5. The zero-order valence-electron chi connectivity index (χ0n) is 12.9. The monoisotopic (exact) mass is 304 g/mol. The van der Waals surface area contributed by atoms with E-state index in [4.69, 9.17) is 11.6 Å². The van der Waals surface area contributed by atoms with Gasteiger partial charge in [0.25, 0.3) is 0 Å². The van der Waals surface area contributed by atoms with Gasteiger partial charge in [-0.25, -0.2) is 0 Å². The van der Waals surface area contributed by atoms with Crippen LogP contribution in [-0.4, -0.2) is 15.7 Å². The van der Waals surface area contributed by atoms with Crippen molar-refractivity contribution in [3.8, 4) is 0 Å². The molecule has 1 aliphatic carbocycles. The molecule has 2 nitrogen and oxygen atoms in total. The fourth-order valence-corrected chi connectivity index (χ4v) is 3.59.